The number of carbonyl (C=O) groups is 2. The van der Waals surface area contributed by atoms with Gasteiger partial charge in [-0.25, -0.2) is 4.79 Å². The van der Waals surface area contributed by atoms with Gasteiger partial charge in [-0.15, -0.1) is 0 Å². The lowest BCUT2D eigenvalue weighted by Crippen LogP contribution is -2.30. The first kappa shape index (κ1) is 21.2. The summed E-state index contributed by atoms with van der Waals surface area (Å²) in [7, 11) is 1.57. The number of urea groups is 1. The van der Waals surface area contributed by atoms with E-state index >= 15 is 0 Å². The molecular weight excluding hydrogens is 483 g/mol. The Balaban J connectivity index is 1.86. The van der Waals surface area contributed by atoms with Gasteiger partial charge in [0, 0.05) is 0 Å². The minimum Gasteiger partial charge on any atom is -0.493 e. The zero-order valence-electron chi connectivity index (χ0n) is 16.8. The van der Waals surface area contributed by atoms with Crippen LogP contribution in [0.3, 0.4) is 0 Å². The fraction of sp³-hybridized carbons (Fsp3) is 0.273. The minimum absolute atomic E-state index is 0.00694. The van der Waals surface area contributed by atoms with Gasteiger partial charge in [-0.3, -0.25) is 9.69 Å². The second-order valence-corrected chi connectivity index (χ2v) is 8.23. The highest BCUT2D eigenvalue weighted by molar-refractivity contribution is 14.1. The molecule has 3 amide bonds. The quantitative estimate of drug-likeness (QED) is 0.356. The van der Waals surface area contributed by atoms with E-state index in [9.17, 15) is 9.59 Å². The number of methoxy groups -OCH3 is 1. The molecule has 0 radical (unpaired) electrons. The van der Waals surface area contributed by atoms with Crippen LogP contribution in [-0.4, -0.2) is 30.1 Å². The molecule has 3 rings (SSSR count). The third-order valence-electron chi connectivity index (χ3n) is 4.30. The van der Waals surface area contributed by atoms with E-state index < -0.39 is 6.03 Å². The topological polar surface area (TPSA) is 67.9 Å². The van der Waals surface area contributed by atoms with Gasteiger partial charge in [0.15, 0.2) is 11.5 Å². The number of imide groups is 1. The van der Waals surface area contributed by atoms with E-state index in [1.54, 1.807) is 19.3 Å². The Bertz CT molecular complexity index is 985. The first-order chi connectivity index (χ1) is 13.8. The van der Waals surface area contributed by atoms with Gasteiger partial charge < -0.3 is 14.8 Å². The summed E-state index contributed by atoms with van der Waals surface area (Å²) in [5.41, 5.74) is 2.96. The van der Waals surface area contributed by atoms with Gasteiger partial charge in [-0.2, -0.15) is 0 Å². The SMILES string of the molecule is COc1cc(/C=C2/NC(=O)N(Cc3cccc(C)c3)C2=O)cc(I)c1OC(C)C. The van der Waals surface area contributed by atoms with Crippen LogP contribution in [0.4, 0.5) is 4.79 Å². The molecule has 2 aromatic rings. The first-order valence-electron chi connectivity index (χ1n) is 9.22. The number of ether oxygens (including phenoxy) is 2. The number of benzene rings is 2. The molecule has 0 atom stereocenters. The molecule has 0 bridgehead atoms. The van der Waals surface area contributed by atoms with Crippen molar-refractivity contribution in [3.05, 3.63) is 62.4 Å². The van der Waals surface area contributed by atoms with Crippen molar-refractivity contribution in [1.82, 2.24) is 10.2 Å². The number of hydrogen-bond acceptors (Lipinski definition) is 4. The molecule has 6 nitrogen and oxygen atoms in total. The van der Waals surface area contributed by atoms with Gasteiger partial charge in [0.25, 0.3) is 5.91 Å². The Morgan fingerprint density at radius 2 is 1.97 bits per heavy atom. The average Bonchev–Trinajstić information content (AvgIpc) is 2.91. The first-order valence-corrected chi connectivity index (χ1v) is 10.3. The van der Waals surface area contributed by atoms with Crippen LogP contribution < -0.4 is 14.8 Å². The Kier molecular flexibility index (Phi) is 6.46. The molecule has 0 aliphatic carbocycles. The van der Waals surface area contributed by atoms with Crippen molar-refractivity contribution < 1.29 is 19.1 Å². The average molecular weight is 506 g/mol. The summed E-state index contributed by atoms with van der Waals surface area (Å²) < 4.78 is 12.1. The van der Waals surface area contributed by atoms with Crippen LogP contribution in [0.1, 0.15) is 30.5 Å². The smallest absolute Gasteiger partial charge is 0.329 e. The van der Waals surface area contributed by atoms with Gasteiger partial charge >= 0.3 is 6.03 Å². The summed E-state index contributed by atoms with van der Waals surface area (Å²) in [6.45, 7) is 6.09. The van der Waals surface area contributed by atoms with Gasteiger partial charge in [0.2, 0.25) is 0 Å². The molecule has 0 saturated carbocycles. The third kappa shape index (κ3) is 4.90. The van der Waals surface area contributed by atoms with E-state index in [1.807, 2.05) is 51.1 Å². The summed E-state index contributed by atoms with van der Waals surface area (Å²) in [6.07, 6.45) is 1.66. The number of nitrogens with zero attached hydrogens (tertiary/aromatic N) is 1. The Morgan fingerprint density at radius 1 is 1.21 bits per heavy atom. The van der Waals surface area contributed by atoms with Crippen molar-refractivity contribution in [2.75, 3.05) is 7.11 Å². The van der Waals surface area contributed by atoms with Crippen molar-refractivity contribution in [1.29, 1.82) is 0 Å². The van der Waals surface area contributed by atoms with Crippen molar-refractivity contribution in [2.45, 2.75) is 33.4 Å². The zero-order valence-corrected chi connectivity index (χ0v) is 18.9. The predicted octanol–water partition coefficient (Wildman–Crippen LogP) is 4.49. The maximum atomic E-state index is 12.8. The van der Waals surface area contributed by atoms with E-state index in [0.717, 1.165) is 20.3 Å². The summed E-state index contributed by atoms with van der Waals surface area (Å²) >= 11 is 2.17. The van der Waals surface area contributed by atoms with Crippen LogP contribution in [0.2, 0.25) is 0 Å². The molecule has 2 aromatic carbocycles. The molecule has 7 heteroatoms. The molecule has 0 aromatic heterocycles. The zero-order chi connectivity index (χ0) is 21.1. The molecule has 1 aliphatic heterocycles. The molecule has 0 unspecified atom stereocenters. The predicted molar refractivity (Wildman–Crippen MR) is 120 cm³/mol. The van der Waals surface area contributed by atoms with Crippen LogP contribution in [0.25, 0.3) is 6.08 Å². The van der Waals surface area contributed by atoms with E-state index in [2.05, 4.69) is 27.9 Å². The molecule has 1 saturated heterocycles. The van der Waals surface area contributed by atoms with Gasteiger partial charge in [-0.05, 0) is 72.7 Å². The molecule has 1 aliphatic rings. The van der Waals surface area contributed by atoms with Gasteiger partial charge in [-0.1, -0.05) is 29.8 Å². The lowest BCUT2D eigenvalue weighted by Gasteiger charge is -2.16. The van der Waals surface area contributed by atoms with Crippen molar-refractivity contribution in [3.63, 3.8) is 0 Å². The van der Waals surface area contributed by atoms with Gasteiger partial charge in [0.1, 0.15) is 5.70 Å². The lowest BCUT2D eigenvalue weighted by atomic mass is 10.1. The molecule has 152 valence electrons. The van der Waals surface area contributed by atoms with Crippen molar-refractivity contribution in [3.8, 4) is 11.5 Å². The number of halogens is 1. The molecule has 1 N–H and O–H groups in total. The van der Waals surface area contributed by atoms with Crippen LogP contribution >= 0.6 is 22.6 Å². The highest BCUT2D eigenvalue weighted by Crippen LogP contribution is 2.35. The summed E-state index contributed by atoms with van der Waals surface area (Å²) in [5, 5.41) is 2.66. The Morgan fingerprint density at radius 3 is 2.62 bits per heavy atom. The van der Waals surface area contributed by atoms with Crippen LogP contribution in [0, 0.1) is 10.5 Å². The lowest BCUT2D eigenvalue weighted by molar-refractivity contribution is -0.123. The normalized spacial score (nSPS) is 15.2. The second kappa shape index (κ2) is 8.86. The van der Waals surface area contributed by atoms with E-state index in [0.29, 0.717) is 11.5 Å². The number of carbonyl (C=O) groups excluding carboxylic acids is 2. The van der Waals surface area contributed by atoms with Gasteiger partial charge in [0.05, 0.1) is 23.3 Å². The molecule has 0 spiro atoms. The largest absolute Gasteiger partial charge is 0.493 e. The highest BCUT2D eigenvalue weighted by atomic mass is 127. The third-order valence-corrected chi connectivity index (χ3v) is 5.10. The summed E-state index contributed by atoms with van der Waals surface area (Å²) in [5.74, 6) is 0.881. The van der Waals surface area contributed by atoms with E-state index in [1.165, 1.54) is 4.90 Å². The maximum absolute atomic E-state index is 12.8. The molecule has 29 heavy (non-hydrogen) atoms. The number of nitrogens with one attached hydrogen (secondary N) is 1. The summed E-state index contributed by atoms with van der Waals surface area (Å²) in [4.78, 5) is 26.3. The molecular formula is C22H23IN2O4. The molecule has 1 heterocycles. The van der Waals surface area contributed by atoms with E-state index in [4.69, 9.17) is 9.47 Å². The Labute approximate surface area is 184 Å². The summed E-state index contributed by atoms with van der Waals surface area (Å²) in [6, 6.07) is 11.0. The monoisotopic (exact) mass is 506 g/mol. The van der Waals surface area contributed by atoms with Crippen molar-refractivity contribution >= 4 is 40.6 Å². The second-order valence-electron chi connectivity index (χ2n) is 7.07. The number of rotatable bonds is 6. The maximum Gasteiger partial charge on any atom is 0.329 e. The van der Waals surface area contributed by atoms with Crippen LogP contribution in [-0.2, 0) is 11.3 Å². The number of aryl methyl sites for hydroxylation is 1. The number of hydrogen-bond donors (Lipinski definition) is 1. The number of amides is 3. The fourth-order valence-corrected chi connectivity index (χ4v) is 3.80. The van der Waals surface area contributed by atoms with E-state index in [-0.39, 0.29) is 24.3 Å². The minimum atomic E-state index is -0.427. The highest BCUT2D eigenvalue weighted by Gasteiger charge is 2.33. The fourth-order valence-electron chi connectivity index (χ4n) is 3.05. The van der Waals surface area contributed by atoms with Crippen molar-refractivity contribution in [2.24, 2.45) is 0 Å². The Hall–Kier alpha value is -2.55. The standard InChI is InChI=1S/C22H23IN2O4/c1-13(2)29-20-17(23)9-16(11-19(20)28-4)10-18-21(26)25(22(27)24-18)12-15-7-5-6-14(3)8-15/h5-11,13H,12H2,1-4H3,(H,24,27)/b18-10+. The van der Waals surface area contributed by atoms with Crippen LogP contribution in [0.15, 0.2) is 42.1 Å². The molecule has 1 fully saturated rings. The van der Waals surface area contributed by atoms with Crippen LogP contribution in [0.5, 0.6) is 11.5 Å².